The fourth-order valence-corrected chi connectivity index (χ4v) is 3.47. The summed E-state index contributed by atoms with van der Waals surface area (Å²) in [4.78, 5) is 0.286. The normalized spacial score (nSPS) is 18.8. The monoisotopic (exact) mass is 326 g/mol. The lowest BCUT2D eigenvalue weighted by molar-refractivity contribution is 0.271. The SMILES string of the molecule is CC(C)COc1ccc(S(=O)(=O)NCCC2CCNC2)cc1. The zero-order chi connectivity index (χ0) is 16.0. The van der Waals surface area contributed by atoms with Crippen molar-refractivity contribution >= 4 is 10.0 Å². The fraction of sp³-hybridized carbons (Fsp3) is 0.625. The fourth-order valence-electron chi connectivity index (χ4n) is 2.42. The van der Waals surface area contributed by atoms with Crippen LogP contribution in [0.2, 0.25) is 0 Å². The van der Waals surface area contributed by atoms with E-state index < -0.39 is 10.0 Å². The van der Waals surface area contributed by atoms with Crippen molar-refractivity contribution in [1.29, 1.82) is 0 Å². The second-order valence-corrected chi connectivity index (χ2v) is 7.99. The maximum Gasteiger partial charge on any atom is 0.240 e. The maximum atomic E-state index is 12.2. The Morgan fingerprint density at radius 3 is 2.64 bits per heavy atom. The van der Waals surface area contributed by atoms with Gasteiger partial charge in [-0.05, 0) is 62.0 Å². The van der Waals surface area contributed by atoms with E-state index in [1.54, 1.807) is 24.3 Å². The van der Waals surface area contributed by atoms with Crippen LogP contribution >= 0.6 is 0 Å². The number of hydrogen-bond acceptors (Lipinski definition) is 4. The van der Waals surface area contributed by atoms with Gasteiger partial charge in [-0.1, -0.05) is 13.8 Å². The van der Waals surface area contributed by atoms with Gasteiger partial charge >= 0.3 is 0 Å². The van der Waals surface area contributed by atoms with Crippen LogP contribution in [0.4, 0.5) is 0 Å². The molecule has 1 aromatic carbocycles. The van der Waals surface area contributed by atoms with Crippen LogP contribution in [0.15, 0.2) is 29.2 Å². The summed E-state index contributed by atoms with van der Waals surface area (Å²) in [5.41, 5.74) is 0. The minimum absolute atomic E-state index is 0.286. The summed E-state index contributed by atoms with van der Waals surface area (Å²) in [6, 6.07) is 6.60. The summed E-state index contributed by atoms with van der Waals surface area (Å²) >= 11 is 0. The average molecular weight is 326 g/mol. The summed E-state index contributed by atoms with van der Waals surface area (Å²) in [7, 11) is -3.43. The third-order valence-corrected chi connectivity index (χ3v) is 5.20. The predicted molar refractivity (Wildman–Crippen MR) is 87.6 cm³/mol. The highest BCUT2D eigenvalue weighted by Crippen LogP contribution is 2.17. The van der Waals surface area contributed by atoms with Gasteiger partial charge in [-0.3, -0.25) is 0 Å². The number of sulfonamides is 1. The van der Waals surface area contributed by atoms with Crippen LogP contribution in [0, 0.1) is 11.8 Å². The van der Waals surface area contributed by atoms with Crippen LogP contribution in [0.5, 0.6) is 5.75 Å². The molecule has 0 saturated carbocycles. The molecule has 5 nitrogen and oxygen atoms in total. The lowest BCUT2D eigenvalue weighted by Gasteiger charge is -2.11. The van der Waals surface area contributed by atoms with Gasteiger partial charge < -0.3 is 10.1 Å². The molecule has 0 radical (unpaired) electrons. The molecule has 0 aliphatic carbocycles. The van der Waals surface area contributed by atoms with E-state index in [-0.39, 0.29) is 4.90 Å². The van der Waals surface area contributed by atoms with Crippen molar-refractivity contribution in [2.24, 2.45) is 11.8 Å². The van der Waals surface area contributed by atoms with Crippen molar-refractivity contribution in [2.45, 2.75) is 31.6 Å². The quantitative estimate of drug-likeness (QED) is 0.767. The van der Waals surface area contributed by atoms with E-state index in [1.807, 2.05) is 0 Å². The average Bonchev–Trinajstić information content (AvgIpc) is 2.98. The van der Waals surface area contributed by atoms with Crippen LogP contribution in [-0.4, -0.2) is 34.7 Å². The molecule has 6 heteroatoms. The zero-order valence-electron chi connectivity index (χ0n) is 13.3. The summed E-state index contributed by atoms with van der Waals surface area (Å²) < 4.78 is 32.7. The Hall–Kier alpha value is -1.11. The Bertz CT molecular complexity index is 549. The zero-order valence-corrected chi connectivity index (χ0v) is 14.2. The Morgan fingerprint density at radius 2 is 2.05 bits per heavy atom. The highest BCUT2D eigenvalue weighted by Gasteiger charge is 2.17. The standard InChI is InChI=1S/C16H26N2O3S/c1-13(2)12-21-15-3-5-16(6-4-15)22(19,20)18-10-8-14-7-9-17-11-14/h3-6,13-14,17-18H,7-12H2,1-2H3. The largest absolute Gasteiger partial charge is 0.493 e. The van der Waals surface area contributed by atoms with Crippen molar-refractivity contribution in [3.8, 4) is 5.75 Å². The summed E-state index contributed by atoms with van der Waals surface area (Å²) in [5, 5.41) is 3.29. The van der Waals surface area contributed by atoms with Gasteiger partial charge in [0.2, 0.25) is 10.0 Å². The molecule has 1 aromatic rings. The molecule has 2 rings (SSSR count). The topological polar surface area (TPSA) is 67.4 Å². The molecule has 0 spiro atoms. The Labute approximate surface area is 133 Å². The van der Waals surface area contributed by atoms with Crippen LogP contribution < -0.4 is 14.8 Å². The van der Waals surface area contributed by atoms with Gasteiger partial charge in [-0.15, -0.1) is 0 Å². The molecule has 22 heavy (non-hydrogen) atoms. The smallest absolute Gasteiger partial charge is 0.240 e. The highest BCUT2D eigenvalue weighted by atomic mass is 32.2. The number of benzene rings is 1. The molecule has 1 fully saturated rings. The van der Waals surface area contributed by atoms with E-state index in [2.05, 4.69) is 23.9 Å². The number of hydrogen-bond donors (Lipinski definition) is 2. The van der Waals surface area contributed by atoms with E-state index in [0.29, 0.717) is 30.7 Å². The predicted octanol–water partition coefficient (Wildman–Crippen LogP) is 2.00. The molecule has 1 saturated heterocycles. The molecule has 0 bridgehead atoms. The lowest BCUT2D eigenvalue weighted by atomic mass is 10.1. The molecule has 0 aromatic heterocycles. The first kappa shape index (κ1) is 17.2. The first-order valence-electron chi connectivity index (χ1n) is 7.90. The molecular weight excluding hydrogens is 300 g/mol. The van der Waals surface area contributed by atoms with Crippen LogP contribution in [0.1, 0.15) is 26.7 Å². The van der Waals surface area contributed by atoms with Crippen LogP contribution in [0.3, 0.4) is 0 Å². The lowest BCUT2D eigenvalue weighted by Crippen LogP contribution is -2.26. The molecule has 124 valence electrons. The molecule has 1 aliphatic rings. The van der Waals surface area contributed by atoms with Crippen LogP contribution in [0.25, 0.3) is 0 Å². The number of nitrogens with one attached hydrogen (secondary N) is 2. The molecule has 1 heterocycles. The van der Waals surface area contributed by atoms with Gasteiger partial charge in [0.05, 0.1) is 11.5 Å². The summed E-state index contributed by atoms with van der Waals surface area (Å²) in [6.07, 6.45) is 2.01. The molecule has 1 unspecified atom stereocenters. The second-order valence-electron chi connectivity index (χ2n) is 6.22. The molecular formula is C16H26N2O3S. The molecule has 1 atom stereocenters. The van der Waals surface area contributed by atoms with Crippen molar-refractivity contribution in [3.05, 3.63) is 24.3 Å². The Balaban J connectivity index is 1.85. The van der Waals surface area contributed by atoms with E-state index in [9.17, 15) is 8.42 Å². The minimum atomic E-state index is -3.43. The van der Waals surface area contributed by atoms with Crippen molar-refractivity contribution in [2.75, 3.05) is 26.2 Å². The molecule has 1 aliphatic heterocycles. The van der Waals surface area contributed by atoms with Gasteiger partial charge in [0.1, 0.15) is 5.75 Å². The van der Waals surface area contributed by atoms with E-state index in [4.69, 9.17) is 4.74 Å². The first-order chi connectivity index (χ1) is 10.5. The van der Waals surface area contributed by atoms with E-state index in [0.717, 1.165) is 25.9 Å². The summed E-state index contributed by atoms with van der Waals surface area (Å²) in [5.74, 6) is 1.72. The van der Waals surface area contributed by atoms with Crippen molar-refractivity contribution in [3.63, 3.8) is 0 Å². The van der Waals surface area contributed by atoms with Crippen molar-refractivity contribution < 1.29 is 13.2 Å². The third kappa shape index (κ3) is 5.26. The second kappa shape index (κ2) is 7.94. The van der Waals surface area contributed by atoms with Gasteiger partial charge in [-0.2, -0.15) is 0 Å². The third-order valence-electron chi connectivity index (χ3n) is 3.72. The summed E-state index contributed by atoms with van der Waals surface area (Å²) in [6.45, 7) is 7.28. The number of ether oxygens (including phenoxy) is 1. The van der Waals surface area contributed by atoms with Gasteiger partial charge in [0.25, 0.3) is 0 Å². The van der Waals surface area contributed by atoms with Gasteiger partial charge in [-0.25, -0.2) is 13.1 Å². The molecule has 0 amide bonds. The highest BCUT2D eigenvalue weighted by molar-refractivity contribution is 7.89. The van der Waals surface area contributed by atoms with Gasteiger partial charge in [0.15, 0.2) is 0 Å². The Kier molecular flexibility index (Phi) is 6.23. The van der Waals surface area contributed by atoms with Crippen LogP contribution in [-0.2, 0) is 10.0 Å². The molecule has 2 N–H and O–H groups in total. The number of rotatable bonds is 8. The van der Waals surface area contributed by atoms with E-state index >= 15 is 0 Å². The minimum Gasteiger partial charge on any atom is -0.493 e. The maximum absolute atomic E-state index is 12.2. The van der Waals surface area contributed by atoms with E-state index in [1.165, 1.54) is 0 Å². The Morgan fingerprint density at radius 1 is 1.32 bits per heavy atom. The van der Waals surface area contributed by atoms with Gasteiger partial charge in [0, 0.05) is 6.54 Å². The van der Waals surface area contributed by atoms with Crippen molar-refractivity contribution in [1.82, 2.24) is 10.0 Å². The first-order valence-corrected chi connectivity index (χ1v) is 9.39.